The fourth-order valence-corrected chi connectivity index (χ4v) is 3.40. The number of benzene rings is 2. The predicted octanol–water partition coefficient (Wildman–Crippen LogP) is 2.26. The minimum absolute atomic E-state index is 0.131. The number of nitrogens with zero attached hydrogens (tertiary/aromatic N) is 4. The minimum Gasteiger partial charge on any atom is -0.367 e. The highest BCUT2D eigenvalue weighted by molar-refractivity contribution is 5.77. The summed E-state index contributed by atoms with van der Waals surface area (Å²) in [6, 6.07) is 13.8. The van der Waals surface area contributed by atoms with E-state index in [9.17, 15) is 9.18 Å². The maximum Gasteiger partial charge on any atom is 0.258 e. The molecule has 6 nitrogen and oxygen atoms in total. The Hall–Kier alpha value is -3.24. The number of para-hydroxylation sites is 1. The number of nitriles is 1. The average Bonchev–Trinajstić information content (AvgIpc) is 2.69. The molecule has 0 unspecified atom stereocenters. The van der Waals surface area contributed by atoms with Gasteiger partial charge in [-0.2, -0.15) is 5.26 Å². The lowest BCUT2D eigenvalue weighted by Crippen LogP contribution is -2.46. The molecule has 1 aliphatic heterocycles. The number of anilines is 1. The Kier molecular flexibility index (Phi) is 4.57. The van der Waals surface area contributed by atoms with Gasteiger partial charge in [-0.25, -0.2) is 9.37 Å². The van der Waals surface area contributed by atoms with E-state index < -0.39 is 0 Å². The Labute approximate surface area is 155 Å². The van der Waals surface area contributed by atoms with Crippen LogP contribution in [0.1, 0.15) is 11.4 Å². The van der Waals surface area contributed by atoms with Crippen molar-refractivity contribution in [2.75, 3.05) is 31.1 Å². The van der Waals surface area contributed by atoms with Gasteiger partial charge in [0.25, 0.3) is 5.56 Å². The van der Waals surface area contributed by atoms with Gasteiger partial charge in [-0.1, -0.05) is 12.1 Å². The van der Waals surface area contributed by atoms with Crippen LogP contribution in [0.4, 0.5) is 10.1 Å². The summed E-state index contributed by atoms with van der Waals surface area (Å²) in [6.07, 6.45) is 0. The van der Waals surface area contributed by atoms with E-state index in [0.717, 1.165) is 13.1 Å². The smallest absolute Gasteiger partial charge is 0.258 e. The van der Waals surface area contributed by atoms with E-state index in [4.69, 9.17) is 5.26 Å². The monoisotopic (exact) mass is 363 g/mol. The van der Waals surface area contributed by atoms with Crippen LogP contribution in [-0.4, -0.2) is 41.0 Å². The van der Waals surface area contributed by atoms with Crippen molar-refractivity contribution >= 4 is 16.6 Å². The van der Waals surface area contributed by atoms with E-state index in [2.05, 4.69) is 14.9 Å². The van der Waals surface area contributed by atoms with Crippen LogP contribution in [0.15, 0.2) is 47.3 Å². The lowest BCUT2D eigenvalue weighted by molar-refractivity contribution is 0.243. The SMILES string of the molecule is N#Cc1ccc(N2CCN(Cc3nc4ccccc4c(=O)[nH]3)CC2)c(F)c1. The lowest BCUT2D eigenvalue weighted by atomic mass is 10.2. The number of hydrogen-bond donors (Lipinski definition) is 1. The summed E-state index contributed by atoms with van der Waals surface area (Å²) in [4.78, 5) is 23.7. The van der Waals surface area contributed by atoms with E-state index in [1.54, 1.807) is 18.2 Å². The maximum absolute atomic E-state index is 14.2. The number of fused-ring (bicyclic) bond motifs is 1. The number of aromatic nitrogens is 2. The molecule has 0 aliphatic carbocycles. The van der Waals surface area contributed by atoms with Gasteiger partial charge in [-0.15, -0.1) is 0 Å². The average molecular weight is 363 g/mol. The number of piperazine rings is 1. The predicted molar refractivity (Wildman–Crippen MR) is 101 cm³/mol. The molecule has 1 aromatic heterocycles. The van der Waals surface area contributed by atoms with E-state index in [-0.39, 0.29) is 11.4 Å². The summed E-state index contributed by atoms with van der Waals surface area (Å²) in [7, 11) is 0. The van der Waals surface area contributed by atoms with Crippen molar-refractivity contribution in [3.63, 3.8) is 0 Å². The van der Waals surface area contributed by atoms with Gasteiger partial charge in [0, 0.05) is 26.2 Å². The number of rotatable bonds is 3. The Morgan fingerprint density at radius 3 is 2.67 bits per heavy atom. The topological polar surface area (TPSA) is 76.0 Å². The molecular weight excluding hydrogens is 345 g/mol. The van der Waals surface area contributed by atoms with Gasteiger partial charge in [0.1, 0.15) is 11.6 Å². The molecule has 7 heteroatoms. The molecule has 3 aromatic rings. The molecule has 1 saturated heterocycles. The summed E-state index contributed by atoms with van der Waals surface area (Å²) in [5, 5.41) is 9.44. The zero-order valence-electron chi connectivity index (χ0n) is 14.7. The largest absolute Gasteiger partial charge is 0.367 e. The van der Waals surface area contributed by atoms with E-state index in [1.807, 2.05) is 29.2 Å². The van der Waals surface area contributed by atoms with Gasteiger partial charge in [-0.3, -0.25) is 9.69 Å². The molecule has 1 N–H and O–H groups in total. The summed E-state index contributed by atoms with van der Waals surface area (Å²) in [6.45, 7) is 3.34. The Balaban J connectivity index is 1.44. The maximum atomic E-state index is 14.2. The number of aromatic amines is 1. The van der Waals surface area contributed by atoms with Gasteiger partial charge in [0.2, 0.25) is 0 Å². The van der Waals surface area contributed by atoms with Crippen molar-refractivity contribution in [3.8, 4) is 6.07 Å². The van der Waals surface area contributed by atoms with Crippen molar-refractivity contribution in [3.05, 3.63) is 70.0 Å². The fourth-order valence-electron chi connectivity index (χ4n) is 3.40. The van der Waals surface area contributed by atoms with Gasteiger partial charge in [-0.05, 0) is 30.3 Å². The summed E-state index contributed by atoms with van der Waals surface area (Å²) >= 11 is 0. The molecule has 136 valence electrons. The van der Waals surface area contributed by atoms with E-state index >= 15 is 0 Å². The second-order valence-corrected chi connectivity index (χ2v) is 6.57. The molecular formula is C20H18FN5O. The number of halogens is 1. The van der Waals surface area contributed by atoms with Crippen molar-refractivity contribution < 1.29 is 4.39 Å². The molecule has 0 radical (unpaired) electrons. The third kappa shape index (κ3) is 3.52. The first-order valence-electron chi connectivity index (χ1n) is 8.79. The van der Waals surface area contributed by atoms with Crippen LogP contribution in [0.25, 0.3) is 10.9 Å². The molecule has 1 aliphatic rings. The molecule has 4 rings (SSSR count). The van der Waals surface area contributed by atoms with E-state index in [1.165, 1.54) is 6.07 Å². The van der Waals surface area contributed by atoms with Crippen molar-refractivity contribution in [1.29, 1.82) is 5.26 Å². The molecule has 0 bridgehead atoms. The summed E-state index contributed by atoms with van der Waals surface area (Å²) in [5.74, 6) is 0.264. The third-order valence-electron chi connectivity index (χ3n) is 4.83. The fraction of sp³-hybridized carbons (Fsp3) is 0.250. The zero-order chi connectivity index (χ0) is 18.8. The highest BCUT2D eigenvalue weighted by atomic mass is 19.1. The van der Waals surface area contributed by atoms with Crippen LogP contribution in [0, 0.1) is 17.1 Å². The first-order chi connectivity index (χ1) is 13.1. The Morgan fingerprint density at radius 1 is 1.15 bits per heavy atom. The highest BCUT2D eigenvalue weighted by Crippen LogP contribution is 2.22. The number of hydrogen-bond acceptors (Lipinski definition) is 5. The molecule has 0 saturated carbocycles. The van der Waals surface area contributed by atoms with E-state index in [0.29, 0.717) is 47.6 Å². The quantitative estimate of drug-likeness (QED) is 0.772. The Morgan fingerprint density at radius 2 is 1.93 bits per heavy atom. The lowest BCUT2D eigenvalue weighted by Gasteiger charge is -2.36. The summed E-state index contributed by atoms with van der Waals surface area (Å²) in [5.41, 5.74) is 1.40. The van der Waals surface area contributed by atoms with Crippen molar-refractivity contribution in [2.24, 2.45) is 0 Å². The van der Waals surface area contributed by atoms with Crippen LogP contribution in [0.2, 0.25) is 0 Å². The molecule has 1 fully saturated rings. The third-order valence-corrected chi connectivity index (χ3v) is 4.83. The molecule has 27 heavy (non-hydrogen) atoms. The second-order valence-electron chi connectivity index (χ2n) is 6.57. The molecule has 0 amide bonds. The zero-order valence-corrected chi connectivity index (χ0v) is 14.7. The molecule has 2 heterocycles. The van der Waals surface area contributed by atoms with Crippen molar-refractivity contribution in [2.45, 2.75) is 6.54 Å². The first-order valence-corrected chi connectivity index (χ1v) is 8.79. The number of nitrogens with one attached hydrogen (secondary N) is 1. The van der Waals surface area contributed by atoms with Crippen LogP contribution in [0.3, 0.4) is 0 Å². The molecule has 2 aromatic carbocycles. The van der Waals surface area contributed by atoms with Gasteiger partial charge in [0.15, 0.2) is 0 Å². The molecule has 0 spiro atoms. The van der Waals surface area contributed by atoms with Crippen LogP contribution < -0.4 is 10.5 Å². The van der Waals surface area contributed by atoms with Crippen LogP contribution in [-0.2, 0) is 6.54 Å². The van der Waals surface area contributed by atoms with Crippen LogP contribution >= 0.6 is 0 Å². The van der Waals surface area contributed by atoms with Crippen LogP contribution in [0.5, 0.6) is 0 Å². The summed E-state index contributed by atoms with van der Waals surface area (Å²) < 4.78 is 14.2. The van der Waals surface area contributed by atoms with Gasteiger partial charge >= 0.3 is 0 Å². The standard InChI is InChI=1S/C20H18FN5O/c21-16-11-14(12-22)5-6-18(16)26-9-7-25(8-10-26)13-19-23-17-4-2-1-3-15(17)20(27)24-19/h1-6,11H,7-10,13H2,(H,23,24,27). The minimum atomic E-state index is -0.372. The molecule has 0 atom stereocenters. The Bertz CT molecular complexity index is 1080. The van der Waals surface area contributed by atoms with Crippen molar-refractivity contribution in [1.82, 2.24) is 14.9 Å². The second kappa shape index (κ2) is 7.17. The number of H-pyrrole nitrogens is 1. The normalized spacial score (nSPS) is 15.0. The first kappa shape index (κ1) is 17.2. The highest BCUT2D eigenvalue weighted by Gasteiger charge is 2.20. The van der Waals surface area contributed by atoms with Gasteiger partial charge in [0.05, 0.1) is 34.8 Å². The van der Waals surface area contributed by atoms with Gasteiger partial charge < -0.3 is 9.88 Å².